The van der Waals surface area contributed by atoms with Crippen molar-refractivity contribution in [3.8, 4) is 0 Å². The molecule has 0 saturated carbocycles. The molecule has 84 valence electrons. The average molecular weight is 199 g/mol. The van der Waals surface area contributed by atoms with Gasteiger partial charge in [-0.05, 0) is 45.6 Å². The molecule has 0 aromatic heterocycles. The van der Waals surface area contributed by atoms with Crippen LogP contribution in [0.3, 0.4) is 0 Å². The Hall–Kier alpha value is -0.0800. The second kappa shape index (κ2) is 7.24. The van der Waals surface area contributed by atoms with E-state index in [1.54, 1.807) is 0 Å². The van der Waals surface area contributed by atoms with Gasteiger partial charge in [0.2, 0.25) is 0 Å². The molecule has 0 radical (unpaired) electrons. The van der Waals surface area contributed by atoms with Gasteiger partial charge in [-0.25, -0.2) is 0 Å². The zero-order valence-electron chi connectivity index (χ0n) is 9.72. The topological polar surface area (TPSA) is 21.3 Å². The van der Waals surface area contributed by atoms with Gasteiger partial charge in [0.15, 0.2) is 0 Å². The third kappa shape index (κ3) is 4.97. The van der Waals surface area contributed by atoms with E-state index in [4.69, 9.17) is 4.74 Å². The summed E-state index contributed by atoms with van der Waals surface area (Å²) in [4.78, 5) is 0. The second-order valence-corrected chi connectivity index (χ2v) is 4.42. The van der Waals surface area contributed by atoms with Crippen molar-refractivity contribution in [2.24, 2.45) is 0 Å². The summed E-state index contributed by atoms with van der Waals surface area (Å²) in [7, 11) is 0. The molecule has 1 fully saturated rings. The van der Waals surface area contributed by atoms with Crippen LogP contribution in [0.15, 0.2) is 0 Å². The van der Waals surface area contributed by atoms with Gasteiger partial charge in [-0.15, -0.1) is 0 Å². The maximum absolute atomic E-state index is 5.68. The average Bonchev–Trinajstić information content (AvgIpc) is 2.20. The van der Waals surface area contributed by atoms with Gasteiger partial charge < -0.3 is 10.1 Å². The van der Waals surface area contributed by atoms with Crippen molar-refractivity contribution in [1.82, 2.24) is 5.32 Å². The van der Waals surface area contributed by atoms with Crippen LogP contribution in [0.2, 0.25) is 0 Å². The second-order valence-electron chi connectivity index (χ2n) is 4.42. The monoisotopic (exact) mass is 199 g/mol. The first-order valence-corrected chi connectivity index (χ1v) is 6.18. The van der Waals surface area contributed by atoms with E-state index in [1.165, 1.54) is 38.5 Å². The lowest BCUT2D eigenvalue weighted by atomic mass is 10.1. The van der Waals surface area contributed by atoms with Crippen LogP contribution in [0, 0.1) is 0 Å². The predicted molar refractivity (Wildman–Crippen MR) is 60.6 cm³/mol. The summed E-state index contributed by atoms with van der Waals surface area (Å²) < 4.78 is 5.68. The van der Waals surface area contributed by atoms with Gasteiger partial charge in [0.25, 0.3) is 0 Å². The molecule has 0 aliphatic carbocycles. The predicted octanol–water partition coefficient (Wildman–Crippen LogP) is 2.72. The molecule has 0 amide bonds. The molecule has 1 aliphatic rings. The molecule has 0 spiro atoms. The molecule has 2 atom stereocenters. The molecule has 14 heavy (non-hydrogen) atoms. The van der Waals surface area contributed by atoms with Crippen LogP contribution in [-0.4, -0.2) is 25.3 Å². The zero-order chi connectivity index (χ0) is 10.2. The van der Waals surface area contributed by atoms with E-state index < -0.39 is 0 Å². The summed E-state index contributed by atoms with van der Waals surface area (Å²) in [6.07, 6.45) is 8.16. The van der Waals surface area contributed by atoms with Crippen LogP contribution in [0.1, 0.15) is 52.4 Å². The Morgan fingerprint density at radius 1 is 1.43 bits per heavy atom. The fraction of sp³-hybridized carbons (Fsp3) is 1.00. The molecule has 0 bridgehead atoms. The molecular weight excluding hydrogens is 174 g/mol. The summed E-state index contributed by atoms with van der Waals surface area (Å²) in [6, 6.07) is 0.670. The van der Waals surface area contributed by atoms with Crippen LogP contribution < -0.4 is 5.32 Å². The fourth-order valence-electron chi connectivity index (χ4n) is 2.06. The van der Waals surface area contributed by atoms with E-state index in [2.05, 4.69) is 19.2 Å². The Morgan fingerprint density at radius 2 is 2.29 bits per heavy atom. The normalized spacial score (nSPS) is 24.9. The molecule has 0 aromatic carbocycles. The van der Waals surface area contributed by atoms with Crippen molar-refractivity contribution in [1.29, 1.82) is 0 Å². The number of hydrogen-bond acceptors (Lipinski definition) is 2. The van der Waals surface area contributed by atoms with Crippen LogP contribution in [0.4, 0.5) is 0 Å². The smallest absolute Gasteiger partial charge is 0.0587 e. The van der Waals surface area contributed by atoms with Crippen molar-refractivity contribution in [3.05, 3.63) is 0 Å². The molecule has 1 heterocycles. The first-order chi connectivity index (χ1) is 6.83. The molecule has 1 saturated heterocycles. The molecule has 2 nitrogen and oxygen atoms in total. The lowest BCUT2D eigenvalue weighted by Gasteiger charge is -2.23. The summed E-state index contributed by atoms with van der Waals surface area (Å²) in [5.74, 6) is 0. The van der Waals surface area contributed by atoms with E-state index in [0.29, 0.717) is 12.1 Å². The third-order valence-electron chi connectivity index (χ3n) is 2.95. The number of ether oxygens (including phenoxy) is 1. The molecule has 2 unspecified atom stereocenters. The molecule has 0 aromatic rings. The van der Waals surface area contributed by atoms with Crippen molar-refractivity contribution in [2.75, 3.05) is 13.2 Å². The lowest BCUT2D eigenvalue weighted by molar-refractivity contribution is 0.0112. The third-order valence-corrected chi connectivity index (χ3v) is 2.95. The molecular formula is C12H25NO. The van der Waals surface area contributed by atoms with Gasteiger partial charge in [0, 0.05) is 12.6 Å². The van der Waals surface area contributed by atoms with Crippen LogP contribution in [0.25, 0.3) is 0 Å². The molecule has 1 rings (SSSR count). The zero-order valence-corrected chi connectivity index (χ0v) is 9.72. The van der Waals surface area contributed by atoms with Crippen molar-refractivity contribution >= 4 is 0 Å². The van der Waals surface area contributed by atoms with Gasteiger partial charge in [0.05, 0.1) is 6.10 Å². The van der Waals surface area contributed by atoms with Crippen LogP contribution >= 0.6 is 0 Å². The number of nitrogens with one attached hydrogen (secondary N) is 1. The summed E-state index contributed by atoms with van der Waals surface area (Å²) in [5, 5.41) is 3.55. The largest absolute Gasteiger partial charge is 0.378 e. The first kappa shape index (κ1) is 12.0. The Labute approximate surface area is 88.4 Å². The lowest BCUT2D eigenvalue weighted by Crippen LogP contribution is -2.30. The minimum atomic E-state index is 0.532. The van der Waals surface area contributed by atoms with Gasteiger partial charge in [-0.3, -0.25) is 0 Å². The van der Waals surface area contributed by atoms with Gasteiger partial charge in [-0.2, -0.15) is 0 Å². The fourth-order valence-corrected chi connectivity index (χ4v) is 2.06. The SMILES string of the molecule is CCCC(C)NCCC1CCCCO1. The number of hydrogen-bond donors (Lipinski definition) is 1. The highest BCUT2D eigenvalue weighted by atomic mass is 16.5. The van der Waals surface area contributed by atoms with Crippen molar-refractivity contribution < 1.29 is 4.74 Å². The Kier molecular flexibility index (Phi) is 6.20. The minimum absolute atomic E-state index is 0.532. The highest BCUT2D eigenvalue weighted by molar-refractivity contribution is 4.67. The van der Waals surface area contributed by atoms with E-state index in [0.717, 1.165) is 13.2 Å². The Balaban J connectivity index is 1.96. The van der Waals surface area contributed by atoms with E-state index >= 15 is 0 Å². The molecule has 1 aliphatic heterocycles. The van der Waals surface area contributed by atoms with Gasteiger partial charge in [-0.1, -0.05) is 13.3 Å². The standard InChI is InChI=1S/C12H25NO/c1-3-6-11(2)13-9-8-12-7-4-5-10-14-12/h11-13H,3-10H2,1-2H3. The Morgan fingerprint density at radius 3 is 2.93 bits per heavy atom. The Bertz CT molecular complexity index is 132. The van der Waals surface area contributed by atoms with Crippen molar-refractivity contribution in [3.63, 3.8) is 0 Å². The van der Waals surface area contributed by atoms with Gasteiger partial charge >= 0.3 is 0 Å². The maximum Gasteiger partial charge on any atom is 0.0587 e. The minimum Gasteiger partial charge on any atom is -0.378 e. The summed E-state index contributed by atoms with van der Waals surface area (Å²) in [6.45, 7) is 6.61. The van der Waals surface area contributed by atoms with E-state index in [9.17, 15) is 0 Å². The van der Waals surface area contributed by atoms with Crippen LogP contribution in [0.5, 0.6) is 0 Å². The van der Waals surface area contributed by atoms with E-state index in [-0.39, 0.29) is 0 Å². The highest BCUT2D eigenvalue weighted by Gasteiger charge is 2.13. The summed E-state index contributed by atoms with van der Waals surface area (Å²) >= 11 is 0. The quantitative estimate of drug-likeness (QED) is 0.710. The number of rotatable bonds is 6. The van der Waals surface area contributed by atoms with E-state index in [1.807, 2.05) is 0 Å². The maximum atomic E-state index is 5.68. The van der Waals surface area contributed by atoms with Gasteiger partial charge in [0.1, 0.15) is 0 Å². The molecule has 1 N–H and O–H groups in total. The summed E-state index contributed by atoms with van der Waals surface area (Å²) in [5.41, 5.74) is 0. The van der Waals surface area contributed by atoms with Crippen molar-refractivity contribution in [2.45, 2.75) is 64.5 Å². The van der Waals surface area contributed by atoms with Crippen LogP contribution in [-0.2, 0) is 4.74 Å². The molecule has 2 heteroatoms. The first-order valence-electron chi connectivity index (χ1n) is 6.18. The highest BCUT2D eigenvalue weighted by Crippen LogP contribution is 2.14.